The molecule has 0 spiro atoms. The molecule has 3 aromatic rings. The molecule has 12 heteroatoms. The molecule has 2 aliphatic rings. The van der Waals surface area contributed by atoms with Crippen LogP contribution in [0.1, 0.15) is 25.3 Å². The summed E-state index contributed by atoms with van der Waals surface area (Å²) in [5, 5.41) is 4.38. The van der Waals surface area contributed by atoms with Crippen LogP contribution in [0.25, 0.3) is 21.6 Å². The van der Waals surface area contributed by atoms with Crippen molar-refractivity contribution in [2.24, 2.45) is 0 Å². The predicted octanol–water partition coefficient (Wildman–Crippen LogP) is 3.61. The topological polar surface area (TPSA) is 90.2 Å². The molecule has 2 fully saturated rings. The highest BCUT2D eigenvalue weighted by molar-refractivity contribution is 14.2. The molecule has 1 unspecified atom stereocenters. The van der Waals surface area contributed by atoms with Gasteiger partial charge in [0.05, 0.1) is 40.8 Å². The number of pyridine rings is 1. The number of fused-ring (bicyclic) bond motifs is 1. The molecular weight excluding hydrogens is 556 g/mol. The summed E-state index contributed by atoms with van der Waals surface area (Å²) >= 11 is 3.63. The molecule has 1 saturated carbocycles. The zero-order valence-electron chi connectivity index (χ0n) is 16.5. The lowest BCUT2D eigenvalue weighted by Gasteiger charge is -2.34. The number of morpholine rings is 1. The first-order chi connectivity index (χ1) is 14.4. The zero-order chi connectivity index (χ0) is 21.1. The average Bonchev–Trinajstić information content (AvgIpc) is 3.23. The van der Waals surface area contributed by atoms with Crippen LogP contribution in [0.3, 0.4) is 0 Å². The summed E-state index contributed by atoms with van der Waals surface area (Å²) in [4.78, 5) is 7.22. The second-order valence-corrected chi connectivity index (χ2v) is 13.0. The summed E-state index contributed by atoms with van der Waals surface area (Å²) in [5.74, 6) is 0.799. The van der Waals surface area contributed by atoms with Crippen molar-refractivity contribution in [2.75, 3.05) is 30.9 Å². The van der Waals surface area contributed by atoms with Gasteiger partial charge in [0, 0.05) is 19.0 Å². The first-order valence-electron chi connectivity index (χ1n) is 9.62. The Morgan fingerprint density at radius 1 is 1.40 bits per heavy atom. The number of hydrogen-bond donors (Lipinski definition) is 0. The highest BCUT2D eigenvalue weighted by Gasteiger charge is 2.55. The third kappa shape index (κ3) is 3.28. The Labute approximate surface area is 193 Å². The first kappa shape index (κ1) is 21.0. The predicted molar refractivity (Wildman–Crippen MR) is 130 cm³/mol. The second kappa shape index (κ2) is 7.61. The van der Waals surface area contributed by atoms with Gasteiger partial charge in [-0.05, 0) is 71.0 Å². The highest BCUT2D eigenvalue weighted by atomic mass is 127. The fourth-order valence-corrected chi connectivity index (χ4v) is 8.08. The molecule has 3 aromatic heterocycles. The van der Waals surface area contributed by atoms with Gasteiger partial charge in [0.25, 0.3) is 0 Å². The molecular formula is C18H21IN5O3PS2. The smallest absolute Gasteiger partial charge is 0.157 e. The van der Waals surface area contributed by atoms with Crippen LogP contribution >= 0.6 is 39.9 Å². The monoisotopic (exact) mass is 577 g/mol. The molecule has 160 valence electrons. The standard InChI is InChI=1S/C18H21IN5O3PS2/c1-11-10-27-8-7-23(11)14-9-12(18(4-5-18)30(2,25)26)17-16(21-14)15(22-29-17)13-3-6-20-24(13)28-19/h3,6,9,11,28H,4-5,7-8,10H2,1-2H3/t11-/m1/s1. The van der Waals surface area contributed by atoms with Crippen molar-refractivity contribution in [3.63, 3.8) is 0 Å². The molecule has 0 N–H and O–H groups in total. The largest absolute Gasteiger partial charge is 0.377 e. The molecule has 1 saturated heterocycles. The summed E-state index contributed by atoms with van der Waals surface area (Å²) in [7, 11) is -3.26. The van der Waals surface area contributed by atoms with Crippen molar-refractivity contribution >= 4 is 65.8 Å². The Bertz CT molecular complexity index is 1220. The summed E-state index contributed by atoms with van der Waals surface area (Å²) in [6.07, 6.45) is 4.83. The third-order valence-corrected chi connectivity index (χ3v) is 10.7. The van der Waals surface area contributed by atoms with Gasteiger partial charge < -0.3 is 9.64 Å². The van der Waals surface area contributed by atoms with E-state index < -0.39 is 14.6 Å². The Morgan fingerprint density at radius 3 is 2.87 bits per heavy atom. The fraction of sp³-hybridized carbons (Fsp3) is 0.500. The van der Waals surface area contributed by atoms with Gasteiger partial charge in [0.15, 0.2) is 9.84 Å². The zero-order valence-corrected chi connectivity index (χ0v) is 21.3. The van der Waals surface area contributed by atoms with Gasteiger partial charge in [0.1, 0.15) is 17.0 Å². The van der Waals surface area contributed by atoms with E-state index in [9.17, 15) is 8.42 Å². The second-order valence-electron chi connectivity index (χ2n) is 7.83. The van der Waals surface area contributed by atoms with Gasteiger partial charge in [-0.25, -0.2) is 17.9 Å². The Kier molecular flexibility index (Phi) is 5.33. The Balaban J connectivity index is 1.77. The van der Waals surface area contributed by atoms with Crippen LogP contribution in [0.4, 0.5) is 5.82 Å². The van der Waals surface area contributed by atoms with E-state index >= 15 is 0 Å². The third-order valence-electron chi connectivity index (χ3n) is 5.94. The minimum atomic E-state index is -3.26. The van der Waals surface area contributed by atoms with E-state index in [0.29, 0.717) is 32.4 Å². The maximum Gasteiger partial charge on any atom is 0.157 e. The molecule has 2 atom stereocenters. The van der Waals surface area contributed by atoms with Crippen molar-refractivity contribution in [2.45, 2.75) is 30.6 Å². The maximum atomic E-state index is 12.8. The van der Waals surface area contributed by atoms with Gasteiger partial charge in [-0.1, -0.05) is 0 Å². The number of anilines is 1. The van der Waals surface area contributed by atoms with E-state index in [1.165, 1.54) is 17.8 Å². The minimum absolute atomic E-state index is 0.168. The van der Waals surface area contributed by atoms with Crippen molar-refractivity contribution in [3.8, 4) is 11.4 Å². The van der Waals surface area contributed by atoms with E-state index in [-0.39, 0.29) is 6.04 Å². The summed E-state index contributed by atoms with van der Waals surface area (Å²) in [6, 6.07) is 4.09. The number of ether oxygens (including phenoxy) is 1. The fourth-order valence-electron chi connectivity index (χ4n) is 4.13. The molecule has 5 rings (SSSR count). The van der Waals surface area contributed by atoms with Crippen molar-refractivity contribution < 1.29 is 13.2 Å². The number of hydrogen-bond acceptors (Lipinski definition) is 8. The lowest BCUT2D eigenvalue weighted by Crippen LogP contribution is -2.44. The average molecular weight is 577 g/mol. The van der Waals surface area contributed by atoms with Gasteiger partial charge in [-0.15, -0.1) is 0 Å². The summed E-state index contributed by atoms with van der Waals surface area (Å²) in [5.41, 5.74) is 3.28. The van der Waals surface area contributed by atoms with Gasteiger partial charge in [-0.3, -0.25) is 0 Å². The van der Waals surface area contributed by atoms with Gasteiger partial charge >= 0.3 is 0 Å². The number of halogens is 1. The van der Waals surface area contributed by atoms with Crippen LogP contribution < -0.4 is 4.90 Å². The number of rotatable bonds is 5. The number of sulfone groups is 1. The van der Waals surface area contributed by atoms with Crippen LogP contribution in [-0.4, -0.2) is 59.4 Å². The van der Waals surface area contributed by atoms with Crippen molar-refractivity contribution in [3.05, 3.63) is 23.9 Å². The minimum Gasteiger partial charge on any atom is -0.377 e. The van der Waals surface area contributed by atoms with E-state index in [0.717, 1.165) is 39.5 Å². The van der Waals surface area contributed by atoms with Gasteiger partial charge in [-0.2, -0.15) is 9.47 Å². The summed E-state index contributed by atoms with van der Waals surface area (Å²) < 4.78 is 37.8. The van der Waals surface area contributed by atoms with Crippen LogP contribution in [0.2, 0.25) is 0 Å². The van der Waals surface area contributed by atoms with Crippen molar-refractivity contribution in [1.29, 1.82) is 0 Å². The van der Waals surface area contributed by atoms with Crippen LogP contribution in [0, 0.1) is 0 Å². The normalized spacial score (nSPS) is 21.7. The first-order valence-corrected chi connectivity index (χ1v) is 16.3. The lowest BCUT2D eigenvalue weighted by atomic mass is 10.1. The van der Waals surface area contributed by atoms with E-state index in [1.54, 1.807) is 6.20 Å². The molecule has 0 radical (unpaired) electrons. The maximum absolute atomic E-state index is 12.8. The lowest BCUT2D eigenvalue weighted by molar-refractivity contribution is 0.0985. The number of aromatic nitrogens is 4. The Morgan fingerprint density at radius 2 is 2.20 bits per heavy atom. The molecule has 0 amide bonds. The highest BCUT2D eigenvalue weighted by Crippen LogP contribution is 2.55. The molecule has 8 nitrogen and oxygen atoms in total. The number of nitrogens with zero attached hydrogens (tertiary/aromatic N) is 5. The molecule has 1 aliphatic heterocycles. The quantitative estimate of drug-likeness (QED) is 0.338. The van der Waals surface area contributed by atoms with Crippen LogP contribution in [-0.2, 0) is 19.3 Å². The SMILES string of the molecule is C[C@@H]1COCCN1c1cc(C2(S(C)(=O)=O)CC2)c2snc(-c3ccnn3PI)c2n1. The molecule has 1 aliphatic carbocycles. The van der Waals surface area contributed by atoms with Crippen LogP contribution in [0.5, 0.6) is 0 Å². The van der Waals surface area contributed by atoms with Crippen molar-refractivity contribution in [1.82, 2.24) is 18.9 Å². The molecule has 30 heavy (non-hydrogen) atoms. The molecule has 4 heterocycles. The summed E-state index contributed by atoms with van der Waals surface area (Å²) in [6.45, 7) is 4.09. The van der Waals surface area contributed by atoms with Crippen LogP contribution in [0.15, 0.2) is 18.3 Å². The molecule has 0 bridgehead atoms. The van der Waals surface area contributed by atoms with E-state index in [2.05, 4.69) is 39.0 Å². The Hall–Kier alpha value is -0.880. The van der Waals surface area contributed by atoms with Gasteiger partial charge in [0.2, 0.25) is 0 Å². The van der Waals surface area contributed by atoms with E-state index in [1.807, 2.05) is 16.6 Å². The van der Waals surface area contributed by atoms with E-state index in [4.69, 9.17) is 14.1 Å². The molecule has 0 aromatic carbocycles.